The Bertz CT molecular complexity index is 475. The van der Waals surface area contributed by atoms with E-state index in [0.717, 1.165) is 25.7 Å². The Hall–Kier alpha value is -1.01. The molecule has 1 fully saturated rings. The van der Waals surface area contributed by atoms with Gasteiger partial charge in [-0.15, -0.1) is 23.1 Å². The number of carbonyl (C=O) groups excluding carboxylic acids is 2. The van der Waals surface area contributed by atoms with Crippen molar-refractivity contribution in [3.05, 3.63) is 22.4 Å². The van der Waals surface area contributed by atoms with E-state index < -0.39 is 6.04 Å². The number of hydrogen-bond donors (Lipinski definition) is 0. The molecule has 1 aliphatic rings. The van der Waals surface area contributed by atoms with Crippen LogP contribution in [0.4, 0.5) is 0 Å². The van der Waals surface area contributed by atoms with Gasteiger partial charge in [0, 0.05) is 5.75 Å². The zero-order valence-electron chi connectivity index (χ0n) is 12.4. The highest BCUT2D eigenvalue weighted by Gasteiger charge is 2.42. The molecule has 2 atom stereocenters. The molecule has 0 N–H and O–H groups in total. The van der Waals surface area contributed by atoms with Crippen LogP contribution < -0.4 is 0 Å². The van der Waals surface area contributed by atoms with E-state index in [1.54, 1.807) is 16.7 Å². The molecule has 1 saturated heterocycles. The molecule has 1 amide bonds. The zero-order valence-corrected chi connectivity index (χ0v) is 14.0. The molecule has 0 bridgehead atoms. The van der Waals surface area contributed by atoms with Gasteiger partial charge in [-0.1, -0.05) is 32.3 Å². The number of thioether (sulfide) groups is 1. The summed E-state index contributed by atoms with van der Waals surface area (Å²) in [4.78, 5) is 27.1. The third-order valence-corrected chi connectivity index (χ3v) is 5.80. The number of thiophene rings is 1. The molecule has 0 aromatic carbocycles. The summed E-state index contributed by atoms with van der Waals surface area (Å²) in [6, 6.07) is 3.22. The molecule has 1 aliphatic heterocycles. The first-order valence-corrected chi connectivity index (χ1v) is 9.17. The highest BCUT2D eigenvalue weighted by atomic mass is 32.2. The molecule has 2 heterocycles. The summed E-state index contributed by atoms with van der Waals surface area (Å²) >= 11 is 3.10. The molecule has 116 valence electrons. The normalized spacial score (nSPS) is 21.5. The van der Waals surface area contributed by atoms with E-state index in [9.17, 15) is 9.59 Å². The van der Waals surface area contributed by atoms with E-state index in [1.165, 1.54) is 18.4 Å². The monoisotopic (exact) mass is 327 g/mol. The van der Waals surface area contributed by atoms with Crippen molar-refractivity contribution in [2.24, 2.45) is 0 Å². The summed E-state index contributed by atoms with van der Waals surface area (Å²) in [5, 5.41) is 1.96. The van der Waals surface area contributed by atoms with Crippen molar-refractivity contribution in [1.82, 2.24) is 4.90 Å². The molecule has 1 aromatic heterocycles. The maximum Gasteiger partial charge on any atom is 0.329 e. The van der Waals surface area contributed by atoms with Crippen molar-refractivity contribution in [3.8, 4) is 0 Å². The van der Waals surface area contributed by atoms with E-state index in [4.69, 9.17) is 4.74 Å². The van der Waals surface area contributed by atoms with Crippen molar-refractivity contribution in [1.29, 1.82) is 0 Å². The van der Waals surface area contributed by atoms with Gasteiger partial charge in [-0.3, -0.25) is 4.79 Å². The average Bonchev–Trinajstić information content (AvgIpc) is 3.15. The first kappa shape index (κ1) is 16.4. The smallest absolute Gasteiger partial charge is 0.329 e. The maximum absolute atomic E-state index is 12.7. The van der Waals surface area contributed by atoms with Crippen LogP contribution in [0, 0.1) is 0 Å². The van der Waals surface area contributed by atoms with Crippen LogP contribution in [0.5, 0.6) is 0 Å². The minimum Gasteiger partial charge on any atom is -0.467 e. The Morgan fingerprint density at radius 1 is 1.43 bits per heavy atom. The molecule has 6 heteroatoms. The second kappa shape index (κ2) is 7.84. The van der Waals surface area contributed by atoms with Crippen molar-refractivity contribution in [3.63, 3.8) is 0 Å². The fourth-order valence-corrected chi connectivity index (χ4v) is 4.58. The molecule has 0 saturated carbocycles. The second-order valence-corrected chi connectivity index (χ2v) is 7.17. The second-order valence-electron chi connectivity index (χ2n) is 5.01. The Kier molecular flexibility index (Phi) is 6.11. The maximum atomic E-state index is 12.7. The highest BCUT2D eigenvalue weighted by molar-refractivity contribution is 8.00. The van der Waals surface area contributed by atoms with Crippen LogP contribution in [0.15, 0.2) is 17.5 Å². The Morgan fingerprint density at radius 2 is 2.24 bits per heavy atom. The van der Waals surface area contributed by atoms with Crippen LogP contribution in [0.25, 0.3) is 0 Å². The number of amides is 1. The lowest BCUT2D eigenvalue weighted by atomic mass is 10.1. The minimum atomic E-state index is -0.457. The first-order valence-electron chi connectivity index (χ1n) is 7.24. The number of hydrogen-bond acceptors (Lipinski definition) is 5. The van der Waals surface area contributed by atoms with Crippen molar-refractivity contribution < 1.29 is 14.3 Å². The molecule has 2 unspecified atom stereocenters. The van der Waals surface area contributed by atoms with Crippen molar-refractivity contribution in [2.45, 2.75) is 44.0 Å². The van der Waals surface area contributed by atoms with Gasteiger partial charge in [0.25, 0.3) is 5.91 Å². The van der Waals surface area contributed by atoms with E-state index in [2.05, 4.69) is 6.92 Å². The molecular weight excluding hydrogens is 306 g/mol. The van der Waals surface area contributed by atoms with Gasteiger partial charge in [0.15, 0.2) is 0 Å². The molecule has 2 rings (SSSR count). The van der Waals surface area contributed by atoms with Gasteiger partial charge in [0.1, 0.15) is 6.04 Å². The molecule has 0 radical (unpaired) electrons. The van der Waals surface area contributed by atoms with Crippen LogP contribution in [0.1, 0.15) is 42.3 Å². The van der Waals surface area contributed by atoms with Crippen LogP contribution in [-0.2, 0) is 9.53 Å². The van der Waals surface area contributed by atoms with Gasteiger partial charge in [-0.05, 0) is 17.9 Å². The third kappa shape index (κ3) is 3.80. The van der Waals surface area contributed by atoms with E-state index in [0.29, 0.717) is 10.6 Å². The number of methoxy groups -OCH3 is 1. The number of carbonyl (C=O) groups is 2. The fraction of sp³-hybridized carbons (Fsp3) is 0.600. The predicted molar refractivity (Wildman–Crippen MR) is 86.7 cm³/mol. The highest BCUT2D eigenvalue weighted by Crippen LogP contribution is 2.35. The first-order chi connectivity index (χ1) is 10.2. The number of esters is 1. The van der Waals surface area contributed by atoms with Crippen LogP contribution in [0.3, 0.4) is 0 Å². The zero-order chi connectivity index (χ0) is 15.2. The fourth-order valence-electron chi connectivity index (χ4n) is 2.47. The quantitative estimate of drug-likeness (QED) is 0.593. The molecule has 1 aromatic rings. The average molecular weight is 327 g/mol. The standard InChI is InChI=1S/C15H21NO3S2/c1-3-4-5-8-13-16(11(10-21-13)15(18)19-2)14(17)12-7-6-9-20-12/h6-7,9,11,13H,3-5,8,10H2,1-2H3. The van der Waals surface area contributed by atoms with Crippen LogP contribution >= 0.6 is 23.1 Å². The lowest BCUT2D eigenvalue weighted by Crippen LogP contribution is -2.45. The summed E-state index contributed by atoms with van der Waals surface area (Å²) in [6.07, 6.45) is 4.32. The largest absolute Gasteiger partial charge is 0.467 e. The van der Waals surface area contributed by atoms with E-state index in [-0.39, 0.29) is 17.3 Å². The lowest BCUT2D eigenvalue weighted by Gasteiger charge is -2.27. The molecular formula is C15H21NO3S2. The minimum absolute atomic E-state index is 0.0492. The Morgan fingerprint density at radius 3 is 2.86 bits per heavy atom. The van der Waals surface area contributed by atoms with Gasteiger partial charge < -0.3 is 9.64 Å². The topological polar surface area (TPSA) is 46.6 Å². The summed E-state index contributed by atoms with van der Waals surface area (Å²) in [7, 11) is 1.38. The predicted octanol–water partition coefficient (Wildman–Crippen LogP) is 3.39. The van der Waals surface area contributed by atoms with Gasteiger partial charge in [-0.25, -0.2) is 4.79 Å². The molecule has 0 spiro atoms. The Balaban J connectivity index is 2.14. The summed E-state index contributed by atoms with van der Waals surface area (Å²) < 4.78 is 4.86. The van der Waals surface area contributed by atoms with Gasteiger partial charge in [0.2, 0.25) is 0 Å². The van der Waals surface area contributed by atoms with Gasteiger partial charge in [-0.2, -0.15) is 0 Å². The molecule has 21 heavy (non-hydrogen) atoms. The molecule has 0 aliphatic carbocycles. The number of nitrogens with zero attached hydrogens (tertiary/aromatic N) is 1. The summed E-state index contributed by atoms with van der Waals surface area (Å²) in [6.45, 7) is 2.16. The SMILES string of the molecule is CCCCCC1SCC(C(=O)OC)N1C(=O)c1cccs1. The number of unbranched alkanes of at least 4 members (excludes halogenated alkanes) is 2. The van der Waals surface area contributed by atoms with Gasteiger partial charge in [0.05, 0.1) is 17.4 Å². The van der Waals surface area contributed by atoms with E-state index in [1.807, 2.05) is 17.5 Å². The van der Waals surface area contributed by atoms with Crippen molar-refractivity contribution in [2.75, 3.05) is 12.9 Å². The number of rotatable bonds is 6. The number of ether oxygens (including phenoxy) is 1. The Labute approximate surface area is 133 Å². The third-order valence-electron chi connectivity index (χ3n) is 3.59. The molecule has 4 nitrogen and oxygen atoms in total. The van der Waals surface area contributed by atoms with Gasteiger partial charge >= 0.3 is 5.97 Å². The summed E-state index contributed by atoms with van der Waals surface area (Å²) in [5.41, 5.74) is 0. The van der Waals surface area contributed by atoms with Crippen molar-refractivity contribution >= 4 is 35.0 Å². The van der Waals surface area contributed by atoms with E-state index >= 15 is 0 Å². The summed E-state index contributed by atoms with van der Waals surface area (Å²) in [5.74, 6) is 0.262. The van der Waals surface area contributed by atoms with Crippen LogP contribution in [0.2, 0.25) is 0 Å². The lowest BCUT2D eigenvalue weighted by molar-refractivity contribution is -0.145. The van der Waals surface area contributed by atoms with Crippen LogP contribution in [-0.4, -0.2) is 41.1 Å².